The van der Waals surface area contributed by atoms with Gasteiger partial charge in [-0.3, -0.25) is 9.79 Å². The van der Waals surface area contributed by atoms with E-state index in [1.165, 1.54) is 25.7 Å². The van der Waals surface area contributed by atoms with Crippen LogP contribution in [0.25, 0.3) is 0 Å². The lowest BCUT2D eigenvalue weighted by molar-refractivity contribution is -0.125. The van der Waals surface area contributed by atoms with Crippen LogP contribution in [0, 0.1) is 5.92 Å². The molecule has 0 atom stereocenters. The molecule has 0 aromatic heterocycles. The highest BCUT2D eigenvalue weighted by atomic mass is 16.1. The van der Waals surface area contributed by atoms with Crippen LogP contribution in [0.4, 0.5) is 0 Å². The summed E-state index contributed by atoms with van der Waals surface area (Å²) >= 11 is 0. The Kier molecular flexibility index (Phi) is 13.4. The van der Waals surface area contributed by atoms with Gasteiger partial charge in [0.2, 0.25) is 5.91 Å². The van der Waals surface area contributed by atoms with Crippen LogP contribution < -0.4 is 16.4 Å². The highest BCUT2D eigenvalue weighted by molar-refractivity contribution is 5.83. The van der Waals surface area contributed by atoms with Crippen LogP contribution in [0.1, 0.15) is 104 Å². The van der Waals surface area contributed by atoms with Gasteiger partial charge in [-0.2, -0.15) is 0 Å². The van der Waals surface area contributed by atoms with E-state index >= 15 is 0 Å². The van der Waals surface area contributed by atoms with E-state index in [2.05, 4.69) is 29.5 Å². The highest BCUT2D eigenvalue weighted by Gasteiger charge is 2.28. The number of rotatable bonds is 14. The second kappa shape index (κ2) is 15.3. The predicted molar refractivity (Wildman–Crippen MR) is 121 cm³/mol. The van der Waals surface area contributed by atoms with Crippen LogP contribution in [-0.4, -0.2) is 36.8 Å². The number of amides is 1. The summed E-state index contributed by atoms with van der Waals surface area (Å²) in [5.41, 5.74) is 5.47. The smallest absolute Gasteiger partial charge is 0.223 e. The third kappa shape index (κ3) is 10.7. The van der Waals surface area contributed by atoms with Gasteiger partial charge in [-0.15, -0.1) is 0 Å². The summed E-state index contributed by atoms with van der Waals surface area (Å²) in [5, 5.41) is 6.28. The first-order valence-electron chi connectivity index (χ1n) is 11.9. The monoisotopic (exact) mass is 408 g/mol. The molecule has 0 radical (unpaired) electrons. The molecule has 0 unspecified atom stereocenters. The molecule has 0 saturated heterocycles. The molecule has 0 aliphatic heterocycles. The van der Waals surface area contributed by atoms with E-state index in [-0.39, 0.29) is 11.8 Å². The Bertz CT molecular complexity index is 477. The average molecular weight is 409 g/mol. The van der Waals surface area contributed by atoms with Gasteiger partial charge >= 0.3 is 0 Å². The lowest BCUT2D eigenvalue weighted by atomic mass is 9.88. The third-order valence-electron chi connectivity index (χ3n) is 5.95. The van der Waals surface area contributed by atoms with Crippen LogP contribution in [0.2, 0.25) is 0 Å². The molecule has 1 fully saturated rings. The first kappa shape index (κ1) is 25.4. The van der Waals surface area contributed by atoms with Crippen LogP contribution in [0.3, 0.4) is 0 Å². The number of aldehydes is 1. The Morgan fingerprint density at radius 3 is 2.21 bits per heavy atom. The number of nitrogens with one attached hydrogen (secondary N) is 2. The Labute approximate surface area is 177 Å². The van der Waals surface area contributed by atoms with Gasteiger partial charge in [0, 0.05) is 19.0 Å². The van der Waals surface area contributed by atoms with Gasteiger partial charge in [0.25, 0.3) is 0 Å². The quantitative estimate of drug-likeness (QED) is 0.133. The van der Waals surface area contributed by atoms with Crippen molar-refractivity contribution >= 4 is 18.2 Å². The summed E-state index contributed by atoms with van der Waals surface area (Å²) in [4.78, 5) is 28.4. The zero-order valence-corrected chi connectivity index (χ0v) is 18.8. The summed E-state index contributed by atoms with van der Waals surface area (Å²) in [6.07, 6.45) is 15.4. The molecule has 1 aliphatic rings. The first-order chi connectivity index (χ1) is 14.1. The van der Waals surface area contributed by atoms with Crippen molar-refractivity contribution in [2.75, 3.05) is 13.1 Å². The second-order valence-corrected chi connectivity index (χ2v) is 8.56. The molecule has 0 aromatic carbocycles. The van der Waals surface area contributed by atoms with Crippen molar-refractivity contribution in [3.63, 3.8) is 0 Å². The Balaban J connectivity index is 2.32. The maximum Gasteiger partial charge on any atom is 0.223 e. The molecule has 0 aromatic rings. The molecule has 29 heavy (non-hydrogen) atoms. The summed E-state index contributed by atoms with van der Waals surface area (Å²) < 4.78 is 0. The number of carbonyl (C=O) groups excluding carboxylic acids is 2. The fourth-order valence-electron chi connectivity index (χ4n) is 4.01. The van der Waals surface area contributed by atoms with Gasteiger partial charge in [-0.1, -0.05) is 65.2 Å². The minimum absolute atomic E-state index is 0.207. The van der Waals surface area contributed by atoms with E-state index in [0.29, 0.717) is 19.0 Å². The molecular formula is C23H44N4O2. The number of hydrogen-bond donors (Lipinski definition) is 3. The number of aliphatic imine (C=N–C) groups is 1. The number of unbranched alkanes of at least 4 members (excludes halogenated alkanes) is 3. The zero-order valence-electron chi connectivity index (χ0n) is 18.8. The number of nitrogens with zero attached hydrogens (tertiary/aromatic N) is 1. The molecule has 6 nitrogen and oxygen atoms in total. The van der Waals surface area contributed by atoms with Crippen molar-refractivity contribution in [1.29, 1.82) is 0 Å². The summed E-state index contributed by atoms with van der Waals surface area (Å²) in [7, 11) is 0. The van der Waals surface area contributed by atoms with Crippen molar-refractivity contribution in [3.8, 4) is 0 Å². The minimum Gasteiger partial charge on any atom is -0.370 e. The molecule has 6 heteroatoms. The third-order valence-corrected chi connectivity index (χ3v) is 5.95. The van der Waals surface area contributed by atoms with E-state index < -0.39 is 5.54 Å². The van der Waals surface area contributed by atoms with Gasteiger partial charge in [0.15, 0.2) is 5.96 Å². The Morgan fingerprint density at radius 2 is 1.66 bits per heavy atom. The summed E-state index contributed by atoms with van der Waals surface area (Å²) in [6.45, 7) is 5.56. The van der Waals surface area contributed by atoms with Crippen LogP contribution >= 0.6 is 0 Å². The zero-order chi connectivity index (χ0) is 21.4. The van der Waals surface area contributed by atoms with Crippen LogP contribution in [-0.2, 0) is 9.59 Å². The number of guanidine groups is 1. The second-order valence-electron chi connectivity index (χ2n) is 8.56. The molecule has 1 rings (SSSR count). The fourth-order valence-corrected chi connectivity index (χ4v) is 4.01. The van der Waals surface area contributed by atoms with Crippen LogP contribution in [0.5, 0.6) is 0 Å². The first-order valence-corrected chi connectivity index (χ1v) is 11.9. The predicted octanol–water partition coefficient (Wildman–Crippen LogP) is 4.08. The largest absolute Gasteiger partial charge is 0.370 e. The summed E-state index contributed by atoms with van der Waals surface area (Å²) in [5.74, 6) is 0.782. The van der Waals surface area contributed by atoms with E-state index in [0.717, 1.165) is 70.5 Å². The molecule has 0 spiro atoms. The van der Waals surface area contributed by atoms with E-state index in [4.69, 9.17) is 5.73 Å². The van der Waals surface area contributed by atoms with Crippen molar-refractivity contribution in [1.82, 2.24) is 10.6 Å². The highest BCUT2D eigenvalue weighted by Crippen LogP contribution is 2.23. The molecule has 4 N–H and O–H groups in total. The molecule has 1 aliphatic carbocycles. The lowest BCUT2D eigenvalue weighted by Crippen LogP contribution is -2.52. The van der Waals surface area contributed by atoms with E-state index in [1.54, 1.807) is 0 Å². The molecule has 0 heterocycles. The van der Waals surface area contributed by atoms with Gasteiger partial charge in [-0.05, 0) is 38.5 Å². The number of carbonyl (C=O) groups is 2. The number of hydrogen-bond acceptors (Lipinski definition) is 3. The van der Waals surface area contributed by atoms with Gasteiger partial charge in [0.05, 0.1) is 5.54 Å². The minimum atomic E-state index is -0.591. The van der Waals surface area contributed by atoms with Gasteiger partial charge in [0.1, 0.15) is 6.29 Å². The maximum atomic E-state index is 12.3. The molecule has 168 valence electrons. The standard InChI is InChI=1S/C23H44N4O2/c1-3-5-15-23(19-28,16-6-4-2)27-22(24)26-18-12-11-17-25-21(29)20-13-9-7-8-10-14-20/h19-20H,3-18H2,1-2H3,(H,25,29)(H3,24,26,27). The molecule has 0 bridgehead atoms. The fraction of sp³-hybridized carbons (Fsp3) is 0.870. The lowest BCUT2D eigenvalue weighted by Gasteiger charge is -2.30. The van der Waals surface area contributed by atoms with Crippen LogP contribution in [0.15, 0.2) is 4.99 Å². The Hall–Kier alpha value is -1.59. The topological polar surface area (TPSA) is 96.6 Å². The molecular weight excluding hydrogens is 364 g/mol. The van der Waals surface area contributed by atoms with Gasteiger partial charge in [-0.25, -0.2) is 0 Å². The molecule has 1 amide bonds. The van der Waals surface area contributed by atoms with Crippen molar-refractivity contribution in [3.05, 3.63) is 0 Å². The van der Waals surface area contributed by atoms with Gasteiger partial charge < -0.3 is 21.2 Å². The SMILES string of the molecule is CCCCC(C=O)(CCCC)NC(N)=NCCCCNC(=O)C1CCCCCC1. The number of nitrogens with two attached hydrogens (primary N) is 1. The summed E-state index contributed by atoms with van der Waals surface area (Å²) in [6, 6.07) is 0. The van der Waals surface area contributed by atoms with Crippen molar-refractivity contribution < 1.29 is 9.59 Å². The molecule has 1 saturated carbocycles. The van der Waals surface area contributed by atoms with E-state index in [9.17, 15) is 9.59 Å². The van der Waals surface area contributed by atoms with E-state index in [1.807, 2.05) is 0 Å². The van der Waals surface area contributed by atoms with Crippen molar-refractivity contribution in [2.24, 2.45) is 16.6 Å². The normalized spacial score (nSPS) is 16.3. The Morgan fingerprint density at radius 1 is 1.03 bits per heavy atom. The maximum absolute atomic E-state index is 12.3. The average Bonchev–Trinajstić information content (AvgIpc) is 3.02. The van der Waals surface area contributed by atoms with Crippen molar-refractivity contribution in [2.45, 2.75) is 109 Å².